The lowest BCUT2D eigenvalue weighted by Crippen LogP contribution is -2.16. The minimum absolute atomic E-state index is 0.221. The van der Waals surface area contributed by atoms with Crippen LogP contribution < -0.4 is 10.5 Å². The van der Waals surface area contributed by atoms with Crippen molar-refractivity contribution < 1.29 is 19.4 Å². The van der Waals surface area contributed by atoms with Gasteiger partial charge in [-0.1, -0.05) is 0 Å². The van der Waals surface area contributed by atoms with Gasteiger partial charge in [0.25, 0.3) is 0 Å². The summed E-state index contributed by atoms with van der Waals surface area (Å²) in [5.41, 5.74) is 6.65. The quantitative estimate of drug-likeness (QED) is 0.728. The van der Waals surface area contributed by atoms with E-state index in [4.69, 9.17) is 15.6 Å². The molecule has 0 bridgehead atoms. The van der Waals surface area contributed by atoms with E-state index in [2.05, 4.69) is 4.74 Å². The number of hydrogen-bond acceptors (Lipinski definition) is 5. The molecule has 0 saturated heterocycles. The van der Waals surface area contributed by atoms with Crippen molar-refractivity contribution >= 4 is 5.97 Å². The van der Waals surface area contributed by atoms with Crippen LogP contribution in [0.3, 0.4) is 0 Å². The van der Waals surface area contributed by atoms with Crippen LogP contribution in [0, 0.1) is 0 Å². The molecule has 0 radical (unpaired) electrons. The lowest BCUT2D eigenvalue weighted by Gasteiger charge is -2.14. The fraction of sp³-hybridized carbons (Fsp3) is 0.364. The Morgan fingerprint density at radius 3 is 2.69 bits per heavy atom. The summed E-state index contributed by atoms with van der Waals surface area (Å²) in [6.45, 7) is -0.221. The van der Waals surface area contributed by atoms with Crippen molar-refractivity contribution in [3.05, 3.63) is 29.3 Å². The first-order valence-electron chi connectivity index (χ1n) is 4.76. The maximum Gasteiger partial charge on any atom is 0.337 e. The van der Waals surface area contributed by atoms with Crippen LogP contribution in [-0.2, 0) is 4.74 Å². The van der Waals surface area contributed by atoms with E-state index in [1.807, 2.05) is 0 Å². The molecule has 0 aliphatic heterocycles. The largest absolute Gasteiger partial charge is 0.496 e. The molecule has 1 aromatic rings. The zero-order valence-electron chi connectivity index (χ0n) is 9.27. The molecule has 0 fully saturated rings. The van der Waals surface area contributed by atoms with Gasteiger partial charge in [0.1, 0.15) is 5.75 Å². The van der Waals surface area contributed by atoms with E-state index >= 15 is 0 Å². The summed E-state index contributed by atoms with van der Waals surface area (Å²) in [7, 11) is 2.80. The Hall–Kier alpha value is -1.59. The molecule has 0 spiro atoms. The van der Waals surface area contributed by atoms with Gasteiger partial charge in [-0.3, -0.25) is 0 Å². The summed E-state index contributed by atoms with van der Waals surface area (Å²) in [4.78, 5) is 11.3. The van der Waals surface area contributed by atoms with Gasteiger partial charge < -0.3 is 20.3 Å². The van der Waals surface area contributed by atoms with E-state index in [0.717, 1.165) is 0 Å². The van der Waals surface area contributed by atoms with Gasteiger partial charge in [0.2, 0.25) is 0 Å². The van der Waals surface area contributed by atoms with Crippen molar-refractivity contribution in [3.8, 4) is 5.75 Å². The number of methoxy groups -OCH3 is 2. The van der Waals surface area contributed by atoms with Gasteiger partial charge in [0.15, 0.2) is 0 Å². The van der Waals surface area contributed by atoms with Crippen molar-refractivity contribution in [2.75, 3.05) is 20.8 Å². The number of nitrogens with two attached hydrogens (primary N) is 1. The maximum atomic E-state index is 11.3. The van der Waals surface area contributed by atoms with Crippen LogP contribution >= 0.6 is 0 Å². The molecular formula is C11H15NO4. The number of ether oxygens (including phenoxy) is 2. The van der Waals surface area contributed by atoms with Crippen LogP contribution in [-0.4, -0.2) is 31.9 Å². The topological polar surface area (TPSA) is 81.8 Å². The summed E-state index contributed by atoms with van der Waals surface area (Å²) < 4.78 is 9.69. The molecule has 3 N–H and O–H groups in total. The minimum atomic E-state index is -0.584. The molecule has 0 saturated carbocycles. The molecule has 1 rings (SSSR count). The SMILES string of the molecule is COC(=O)c1ccc(OC)c(C(N)CO)c1. The Bertz CT molecular complexity index is 378. The van der Waals surface area contributed by atoms with Gasteiger partial charge in [-0.2, -0.15) is 0 Å². The van der Waals surface area contributed by atoms with Gasteiger partial charge >= 0.3 is 5.97 Å². The van der Waals surface area contributed by atoms with Crippen molar-refractivity contribution in [1.82, 2.24) is 0 Å². The van der Waals surface area contributed by atoms with E-state index in [0.29, 0.717) is 16.9 Å². The van der Waals surface area contributed by atoms with Crippen LogP contribution in [0.2, 0.25) is 0 Å². The third-order valence-corrected chi connectivity index (χ3v) is 2.25. The van der Waals surface area contributed by atoms with E-state index < -0.39 is 12.0 Å². The number of carbonyl (C=O) groups is 1. The van der Waals surface area contributed by atoms with Crippen LogP contribution in [0.15, 0.2) is 18.2 Å². The third kappa shape index (κ3) is 2.50. The smallest absolute Gasteiger partial charge is 0.337 e. The molecule has 5 nitrogen and oxygen atoms in total. The molecule has 0 aliphatic carbocycles. The summed E-state index contributed by atoms with van der Waals surface area (Å²) in [5.74, 6) is 0.0863. The van der Waals surface area contributed by atoms with Crippen LogP contribution in [0.5, 0.6) is 5.75 Å². The molecule has 5 heteroatoms. The number of carbonyl (C=O) groups excluding carboxylic acids is 1. The zero-order valence-corrected chi connectivity index (χ0v) is 9.27. The second-order valence-corrected chi connectivity index (χ2v) is 3.24. The summed E-state index contributed by atoms with van der Waals surface area (Å²) in [5, 5.41) is 9.00. The van der Waals surface area contributed by atoms with E-state index in [1.165, 1.54) is 14.2 Å². The highest BCUT2D eigenvalue weighted by Crippen LogP contribution is 2.25. The van der Waals surface area contributed by atoms with Crippen LogP contribution in [0.25, 0.3) is 0 Å². The van der Waals surface area contributed by atoms with Gasteiger partial charge in [-0.15, -0.1) is 0 Å². The lowest BCUT2D eigenvalue weighted by molar-refractivity contribution is 0.0600. The van der Waals surface area contributed by atoms with Crippen molar-refractivity contribution in [3.63, 3.8) is 0 Å². The van der Waals surface area contributed by atoms with Crippen molar-refractivity contribution in [2.45, 2.75) is 6.04 Å². The van der Waals surface area contributed by atoms with E-state index in [1.54, 1.807) is 18.2 Å². The molecule has 16 heavy (non-hydrogen) atoms. The molecule has 0 heterocycles. The predicted molar refractivity (Wildman–Crippen MR) is 58.3 cm³/mol. The Morgan fingerprint density at radius 2 is 2.19 bits per heavy atom. The van der Waals surface area contributed by atoms with E-state index in [9.17, 15) is 4.79 Å². The molecule has 1 aromatic carbocycles. The number of aliphatic hydroxyl groups is 1. The highest BCUT2D eigenvalue weighted by atomic mass is 16.5. The molecule has 0 amide bonds. The molecule has 1 atom stereocenters. The summed E-state index contributed by atoms with van der Waals surface area (Å²) in [6.07, 6.45) is 0. The molecular weight excluding hydrogens is 210 g/mol. The number of rotatable bonds is 4. The highest BCUT2D eigenvalue weighted by Gasteiger charge is 2.14. The predicted octanol–water partition coefficient (Wildman–Crippen LogP) is 0.474. The minimum Gasteiger partial charge on any atom is -0.496 e. The zero-order chi connectivity index (χ0) is 12.1. The summed E-state index contributed by atoms with van der Waals surface area (Å²) in [6, 6.07) is 4.18. The van der Waals surface area contributed by atoms with Crippen molar-refractivity contribution in [1.29, 1.82) is 0 Å². The Balaban J connectivity index is 3.15. The van der Waals surface area contributed by atoms with Crippen LogP contribution in [0.1, 0.15) is 22.0 Å². The first-order chi connectivity index (χ1) is 7.63. The number of hydrogen-bond donors (Lipinski definition) is 2. The fourth-order valence-electron chi connectivity index (χ4n) is 1.37. The van der Waals surface area contributed by atoms with Gasteiger partial charge in [0, 0.05) is 5.56 Å². The lowest BCUT2D eigenvalue weighted by atomic mass is 10.0. The fourth-order valence-corrected chi connectivity index (χ4v) is 1.37. The number of benzene rings is 1. The summed E-state index contributed by atoms with van der Waals surface area (Å²) >= 11 is 0. The Morgan fingerprint density at radius 1 is 1.50 bits per heavy atom. The Labute approximate surface area is 93.8 Å². The highest BCUT2D eigenvalue weighted by molar-refractivity contribution is 5.89. The molecule has 0 aliphatic rings. The second kappa shape index (κ2) is 5.48. The molecule has 88 valence electrons. The first kappa shape index (κ1) is 12.5. The van der Waals surface area contributed by atoms with Gasteiger partial charge in [0.05, 0.1) is 32.4 Å². The normalized spacial score (nSPS) is 12.0. The standard InChI is InChI=1S/C11H15NO4/c1-15-10-4-3-7(11(14)16-2)5-8(10)9(12)6-13/h3-5,9,13H,6,12H2,1-2H3. The Kier molecular flexibility index (Phi) is 4.28. The first-order valence-corrected chi connectivity index (χ1v) is 4.76. The van der Waals surface area contributed by atoms with Gasteiger partial charge in [-0.25, -0.2) is 4.79 Å². The number of esters is 1. The average Bonchev–Trinajstić information content (AvgIpc) is 2.35. The van der Waals surface area contributed by atoms with Crippen molar-refractivity contribution in [2.24, 2.45) is 5.73 Å². The maximum absolute atomic E-state index is 11.3. The average molecular weight is 225 g/mol. The number of aliphatic hydroxyl groups excluding tert-OH is 1. The van der Waals surface area contributed by atoms with Gasteiger partial charge in [-0.05, 0) is 18.2 Å². The van der Waals surface area contributed by atoms with E-state index in [-0.39, 0.29) is 6.61 Å². The monoisotopic (exact) mass is 225 g/mol. The third-order valence-electron chi connectivity index (χ3n) is 2.25. The van der Waals surface area contributed by atoms with Crippen LogP contribution in [0.4, 0.5) is 0 Å². The second-order valence-electron chi connectivity index (χ2n) is 3.24. The molecule has 0 aromatic heterocycles. The molecule has 1 unspecified atom stereocenters.